The Bertz CT molecular complexity index is 1100. The lowest BCUT2D eigenvalue weighted by Crippen LogP contribution is -2.50. The molecule has 0 saturated heterocycles. The predicted octanol–water partition coefficient (Wildman–Crippen LogP) is 3.65. The maximum Gasteiger partial charge on any atom is 0.247 e. The highest BCUT2D eigenvalue weighted by molar-refractivity contribution is 7.89. The van der Waals surface area contributed by atoms with Crippen molar-refractivity contribution >= 4 is 15.9 Å². The second-order valence-corrected chi connectivity index (χ2v) is 12.8. The fourth-order valence-electron chi connectivity index (χ4n) is 5.13. The summed E-state index contributed by atoms with van der Waals surface area (Å²) < 4.78 is 35.0. The number of aliphatic hydroxyl groups excluding tert-OH is 1. The number of amides is 1. The number of hydrogen-bond donors (Lipinski definition) is 1. The summed E-state index contributed by atoms with van der Waals surface area (Å²) >= 11 is 0. The Morgan fingerprint density at radius 1 is 1.22 bits per heavy atom. The number of fused-ring (bicyclic) bond motifs is 1. The van der Waals surface area contributed by atoms with Crippen molar-refractivity contribution in [2.75, 3.05) is 26.7 Å². The Labute approximate surface area is 216 Å². The lowest BCUT2D eigenvalue weighted by molar-refractivity contribution is -0.131. The summed E-state index contributed by atoms with van der Waals surface area (Å²) in [7, 11) is -2.11. The first-order valence-electron chi connectivity index (χ1n) is 13.3. The predicted molar refractivity (Wildman–Crippen MR) is 139 cm³/mol. The number of sulfonamides is 1. The average Bonchev–Trinajstić information content (AvgIpc) is 3.51. The molecule has 1 aromatic rings. The van der Waals surface area contributed by atoms with Crippen LogP contribution < -0.4 is 4.74 Å². The molecule has 2 aliphatic carbocycles. The second kappa shape index (κ2) is 11.5. The van der Waals surface area contributed by atoms with Crippen LogP contribution in [0.15, 0.2) is 23.1 Å². The third-order valence-electron chi connectivity index (χ3n) is 7.81. The smallest absolute Gasteiger partial charge is 0.247 e. The first-order valence-corrected chi connectivity index (χ1v) is 14.8. The van der Waals surface area contributed by atoms with Crippen LogP contribution in [0.2, 0.25) is 0 Å². The van der Waals surface area contributed by atoms with E-state index in [0.717, 1.165) is 19.3 Å². The second-order valence-electron chi connectivity index (χ2n) is 11.0. The Balaban J connectivity index is 1.63. The molecule has 4 rings (SSSR count). The van der Waals surface area contributed by atoms with Gasteiger partial charge < -0.3 is 14.7 Å². The van der Waals surface area contributed by atoms with E-state index in [1.807, 2.05) is 6.92 Å². The molecule has 0 spiro atoms. The average molecular weight is 517 g/mol. The SMILES string of the molecule is C[C@H]1CN([C@@H](C)CO)S(=O)(=O)c2ccc(C#CCC3CCCC3)cc2O[C@H]1CN(C)C(=O)CC1CC1. The third-order valence-corrected chi connectivity index (χ3v) is 9.82. The van der Waals surface area contributed by atoms with Gasteiger partial charge in [0, 0.05) is 44.0 Å². The Morgan fingerprint density at radius 3 is 2.61 bits per heavy atom. The monoisotopic (exact) mass is 516 g/mol. The molecule has 0 bridgehead atoms. The number of hydrogen-bond acceptors (Lipinski definition) is 5. The number of aliphatic hydroxyl groups is 1. The van der Waals surface area contributed by atoms with Gasteiger partial charge in [0.05, 0.1) is 13.2 Å². The van der Waals surface area contributed by atoms with Gasteiger partial charge in [-0.1, -0.05) is 31.6 Å². The van der Waals surface area contributed by atoms with Gasteiger partial charge >= 0.3 is 0 Å². The summed E-state index contributed by atoms with van der Waals surface area (Å²) in [5.41, 5.74) is 0.717. The van der Waals surface area contributed by atoms with E-state index in [1.54, 1.807) is 37.1 Å². The van der Waals surface area contributed by atoms with Crippen molar-refractivity contribution in [3.8, 4) is 17.6 Å². The number of ether oxygens (including phenoxy) is 1. The molecule has 198 valence electrons. The van der Waals surface area contributed by atoms with Crippen molar-refractivity contribution in [1.82, 2.24) is 9.21 Å². The highest BCUT2D eigenvalue weighted by atomic mass is 32.2. The highest BCUT2D eigenvalue weighted by Crippen LogP contribution is 2.35. The fourth-order valence-corrected chi connectivity index (χ4v) is 6.96. The van der Waals surface area contributed by atoms with Crippen molar-refractivity contribution in [3.63, 3.8) is 0 Å². The van der Waals surface area contributed by atoms with E-state index < -0.39 is 22.2 Å². The number of nitrogens with zero attached hydrogens (tertiary/aromatic N) is 2. The molecule has 3 aliphatic rings. The van der Waals surface area contributed by atoms with Crippen LogP contribution in [0.1, 0.15) is 70.8 Å². The summed E-state index contributed by atoms with van der Waals surface area (Å²) in [6.07, 6.45) is 8.23. The van der Waals surface area contributed by atoms with E-state index in [2.05, 4.69) is 11.8 Å². The normalized spacial score (nSPS) is 25.0. The van der Waals surface area contributed by atoms with E-state index in [-0.39, 0.29) is 35.6 Å². The van der Waals surface area contributed by atoms with E-state index in [9.17, 15) is 18.3 Å². The number of benzene rings is 1. The minimum absolute atomic E-state index is 0.0769. The van der Waals surface area contributed by atoms with Gasteiger partial charge in [-0.25, -0.2) is 8.42 Å². The number of carbonyl (C=O) groups excluding carboxylic acids is 1. The van der Waals surface area contributed by atoms with Crippen LogP contribution in [0.3, 0.4) is 0 Å². The van der Waals surface area contributed by atoms with Gasteiger partial charge in [-0.2, -0.15) is 4.31 Å². The standard InChI is InChI=1S/C28H40N2O5S/c1-20-17-30(21(2)19-31)36(33,34)27-14-13-23(10-6-9-22-7-4-5-8-22)15-25(27)35-26(20)18-29(3)28(32)16-24-11-12-24/h13-15,20-22,24,26,31H,4-5,7-9,11-12,16-19H2,1-3H3/t20-,21-,26-/m0/s1. The Kier molecular flexibility index (Phi) is 8.64. The molecular weight excluding hydrogens is 476 g/mol. The quantitative estimate of drug-likeness (QED) is 0.559. The maximum absolute atomic E-state index is 13.6. The van der Waals surface area contributed by atoms with Crippen LogP contribution in [0.25, 0.3) is 0 Å². The lowest BCUT2D eigenvalue weighted by atomic mass is 10.0. The zero-order valence-corrected chi connectivity index (χ0v) is 22.6. The van der Waals surface area contributed by atoms with Gasteiger partial charge in [0.2, 0.25) is 15.9 Å². The molecule has 1 aromatic carbocycles. The minimum Gasteiger partial charge on any atom is -0.487 e. The van der Waals surface area contributed by atoms with Crippen LogP contribution >= 0.6 is 0 Å². The molecule has 36 heavy (non-hydrogen) atoms. The molecule has 0 aromatic heterocycles. The molecule has 2 fully saturated rings. The van der Waals surface area contributed by atoms with Crippen molar-refractivity contribution in [2.45, 2.75) is 82.3 Å². The van der Waals surface area contributed by atoms with Crippen LogP contribution in [0.4, 0.5) is 0 Å². The molecule has 1 heterocycles. The van der Waals surface area contributed by atoms with Crippen LogP contribution in [0.5, 0.6) is 5.75 Å². The number of carbonyl (C=O) groups is 1. The zero-order valence-electron chi connectivity index (χ0n) is 21.8. The van der Waals surface area contributed by atoms with Gasteiger partial charge in [0.25, 0.3) is 0 Å². The summed E-state index contributed by atoms with van der Waals surface area (Å²) in [6.45, 7) is 3.92. The third kappa shape index (κ3) is 6.42. The van der Waals surface area contributed by atoms with Crippen molar-refractivity contribution < 1.29 is 23.1 Å². The largest absolute Gasteiger partial charge is 0.487 e. The summed E-state index contributed by atoms with van der Waals surface area (Å²) in [4.78, 5) is 14.5. The van der Waals surface area contributed by atoms with E-state index in [4.69, 9.17) is 4.74 Å². The molecule has 0 unspecified atom stereocenters. The molecule has 1 amide bonds. The van der Waals surface area contributed by atoms with Crippen LogP contribution in [0, 0.1) is 29.6 Å². The van der Waals surface area contributed by atoms with Crippen LogP contribution in [-0.2, 0) is 14.8 Å². The summed E-state index contributed by atoms with van der Waals surface area (Å²) in [5, 5.41) is 9.81. The summed E-state index contributed by atoms with van der Waals surface area (Å²) in [6, 6.07) is 4.43. The van der Waals surface area contributed by atoms with Crippen molar-refractivity contribution in [1.29, 1.82) is 0 Å². The van der Waals surface area contributed by atoms with Crippen molar-refractivity contribution in [3.05, 3.63) is 23.8 Å². The minimum atomic E-state index is -3.89. The zero-order chi connectivity index (χ0) is 25.9. The van der Waals surface area contributed by atoms with Gasteiger partial charge in [0.15, 0.2) is 0 Å². The van der Waals surface area contributed by atoms with E-state index >= 15 is 0 Å². The van der Waals surface area contributed by atoms with Gasteiger partial charge in [-0.05, 0) is 62.6 Å². The molecule has 0 radical (unpaired) electrons. The Hall–Kier alpha value is -2.08. The van der Waals surface area contributed by atoms with Crippen molar-refractivity contribution in [2.24, 2.45) is 17.8 Å². The highest BCUT2D eigenvalue weighted by Gasteiger charge is 2.38. The lowest BCUT2D eigenvalue weighted by Gasteiger charge is -2.37. The molecular formula is C28H40N2O5S. The summed E-state index contributed by atoms with van der Waals surface area (Å²) in [5.74, 6) is 7.78. The molecule has 3 atom stereocenters. The molecule has 2 saturated carbocycles. The Morgan fingerprint density at radius 2 is 1.94 bits per heavy atom. The fraction of sp³-hybridized carbons (Fsp3) is 0.679. The maximum atomic E-state index is 13.6. The van der Waals surface area contributed by atoms with E-state index in [0.29, 0.717) is 30.4 Å². The molecule has 7 nitrogen and oxygen atoms in total. The van der Waals surface area contributed by atoms with Gasteiger partial charge in [0.1, 0.15) is 16.7 Å². The number of likely N-dealkylation sites (N-methyl/N-ethyl adjacent to an activating group) is 1. The number of rotatable bonds is 7. The van der Waals surface area contributed by atoms with Gasteiger partial charge in [-0.15, -0.1) is 0 Å². The molecule has 1 aliphatic heterocycles. The first-order chi connectivity index (χ1) is 17.2. The molecule has 1 N–H and O–H groups in total. The topological polar surface area (TPSA) is 87.2 Å². The van der Waals surface area contributed by atoms with E-state index in [1.165, 1.54) is 30.0 Å². The molecule has 8 heteroatoms. The van der Waals surface area contributed by atoms with Crippen LogP contribution in [-0.4, -0.2) is 67.5 Å². The van der Waals surface area contributed by atoms with Gasteiger partial charge in [-0.3, -0.25) is 4.79 Å². The first kappa shape index (κ1) is 27.0.